The molecule has 0 saturated carbocycles. The van der Waals surface area contributed by atoms with Crippen LogP contribution in [0.5, 0.6) is 0 Å². The number of fused-ring (bicyclic) bond motifs is 2. The smallest absolute Gasteiger partial charge is 0.114 e. The molecule has 6 heteroatoms. The van der Waals surface area contributed by atoms with Crippen LogP contribution < -0.4 is 0 Å². The Bertz CT molecular complexity index is 963. The molecule has 4 nitrogen and oxygen atoms in total. The van der Waals surface area contributed by atoms with Crippen molar-refractivity contribution in [2.45, 2.75) is 61.4 Å². The number of rotatable bonds is 6. The summed E-state index contributed by atoms with van der Waals surface area (Å²) in [5, 5.41) is 20.6. The fourth-order valence-corrected chi connectivity index (χ4v) is 5.65. The molecule has 0 unspecified atom stereocenters. The lowest BCUT2D eigenvalue weighted by molar-refractivity contribution is 0.660. The average molecular weight is 433 g/mol. The largest absolute Gasteiger partial charge is 0.245 e. The molecule has 2 aromatic heterocycles. The Morgan fingerprint density at radius 1 is 0.733 bits per heavy atom. The molecular weight excluding hydrogens is 408 g/mol. The molecule has 0 radical (unpaired) electrons. The summed E-state index contributed by atoms with van der Waals surface area (Å²) in [5.74, 6) is 1.56. The van der Waals surface area contributed by atoms with Crippen LogP contribution in [0.1, 0.15) is 59.3 Å². The van der Waals surface area contributed by atoms with Gasteiger partial charge in [-0.05, 0) is 74.6 Å². The third-order valence-electron chi connectivity index (χ3n) is 5.57. The number of hydrogen-bond donors (Lipinski definition) is 0. The van der Waals surface area contributed by atoms with Crippen LogP contribution in [0, 0.1) is 22.7 Å². The SMILES string of the molecule is N#Cc1cc2c(nc1SC/C=C/CSc1nc3c(cc1C#N)CCCC3)CCCC2. The Morgan fingerprint density at radius 2 is 1.17 bits per heavy atom. The van der Waals surface area contributed by atoms with Gasteiger partial charge in [-0.2, -0.15) is 10.5 Å². The van der Waals surface area contributed by atoms with Gasteiger partial charge in [-0.25, -0.2) is 9.97 Å². The number of hydrogen-bond acceptors (Lipinski definition) is 6. The summed E-state index contributed by atoms with van der Waals surface area (Å²) < 4.78 is 0. The van der Waals surface area contributed by atoms with Gasteiger partial charge in [0, 0.05) is 22.9 Å². The van der Waals surface area contributed by atoms with Crippen molar-refractivity contribution in [1.82, 2.24) is 9.97 Å². The minimum atomic E-state index is 0.695. The van der Waals surface area contributed by atoms with E-state index < -0.39 is 0 Å². The predicted molar refractivity (Wildman–Crippen MR) is 122 cm³/mol. The Labute approximate surface area is 186 Å². The molecule has 2 heterocycles. The van der Waals surface area contributed by atoms with Crippen LogP contribution in [0.2, 0.25) is 0 Å². The van der Waals surface area contributed by atoms with Gasteiger partial charge < -0.3 is 0 Å². The molecule has 0 atom stereocenters. The standard InChI is InChI=1S/C24H24N4S2/c25-15-19-13-17-7-1-3-9-21(17)27-23(19)29-11-5-6-12-30-24-20(16-26)14-18-8-2-4-10-22(18)28-24/h5-6,13-14H,1-4,7-12H2/b6-5+. The summed E-state index contributed by atoms with van der Waals surface area (Å²) >= 11 is 3.24. The van der Waals surface area contributed by atoms with Crippen LogP contribution in [-0.2, 0) is 25.7 Å². The van der Waals surface area contributed by atoms with Crippen LogP contribution in [-0.4, -0.2) is 21.5 Å². The molecule has 0 fully saturated rings. The van der Waals surface area contributed by atoms with Crippen molar-refractivity contribution in [3.63, 3.8) is 0 Å². The number of nitriles is 2. The minimum Gasteiger partial charge on any atom is -0.245 e. The number of pyridine rings is 2. The first kappa shape index (κ1) is 21.0. The van der Waals surface area contributed by atoms with Gasteiger partial charge in [0.25, 0.3) is 0 Å². The predicted octanol–water partition coefficient (Wildman–Crippen LogP) is 5.42. The highest BCUT2D eigenvalue weighted by Crippen LogP contribution is 2.29. The Hall–Kier alpha value is -2.28. The molecule has 0 saturated heterocycles. The topological polar surface area (TPSA) is 73.4 Å². The van der Waals surface area contributed by atoms with E-state index in [0.717, 1.165) is 47.2 Å². The first-order chi connectivity index (χ1) is 14.8. The van der Waals surface area contributed by atoms with Crippen molar-refractivity contribution < 1.29 is 0 Å². The molecule has 0 N–H and O–H groups in total. The third-order valence-corrected chi connectivity index (χ3v) is 7.46. The first-order valence-electron chi connectivity index (χ1n) is 10.5. The lowest BCUT2D eigenvalue weighted by Gasteiger charge is -2.16. The number of aromatic nitrogens is 2. The lowest BCUT2D eigenvalue weighted by atomic mass is 9.95. The highest BCUT2D eigenvalue weighted by atomic mass is 32.2. The summed E-state index contributed by atoms with van der Waals surface area (Å²) in [5.41, 5.74) is 6.23. The van der Waals surface area contributed by atoms with Crippen molar-refractivity contribution in [1.29, 1.82) is 10.5 Å². The maximum Gasteiger partial charge on any atom is 0.114 e. The number of aryl methyl sites for hydroxylation is 4. The van der Waals surface area contributed by atoms with E-state index in [1.807, 2.05) is 12.1 Å². The molecule has 30 heavy (non-hydrogen) atoms. The summed E-state index contributed by atoms with van der Waals surface area (Å²) in [4.78, 5) is 9.54. The number of nitrogens with zero attached hydrogens (tertiary/aromatic N) is 4. The fourth-order valence-electron chi connectivity index (χ4n) is 4.00. The highest BCUT2D eigenvalue weighted by molar-refractivity contribution is 7.99. The van der Waals surface area contributed by atoms with Gasteiger partial charge in [0.1, 0.15) is 22.2 Å². The second-order valence-corrected chi connectivity index (χ2v) is 9.64. The van der Waals surface area contributed by atoms with Gasteiger partial charge in [0.2, 0.25) is 0 Å². The molecule has 0 aromatic carbocycles. The zero-order valence-electron chi connectivity index (χ0n) is 17.0. The third kappa shape index (κ3) is 4.89. The second-order valence-electron chi connectivity index (χ2n) is 7.63. The van der Waals surface area contributed by atoms with Crippen LogP contribution in [0.15, 0.2) is 34.3 Å². The molecule has 0 amide bonds. The molecule has 0 aliphatic heterocycles. The number of thioether (sulfide) groups is 2. The zero-order valence-corrected chi connectivity index (χ0v) is 18.6. The van der Waals surface area contributed by atoms with E-state index in [4.69, 9.17) is 9.97 Å². The second kappa shape index (κ2) is 10.2. The molecule has 2 aliphatic rings. The van der Waals surface area contributed by atoms with Gasteiger partial charge >= 0.3 is 0 Å². The average Bonchev–Trinajstić information content (AvgIpc) is 2.80. The van der Waals surface area contributed by atoms with Crippen molar-refractivity contribution in [3.8, 4) is 12.1 Å². The van der Waals surface area contributed by atoms with Crippen LogP contribution in [0.25, 0.3) is 0 Å². The Morgan fingerprint density at radius 3 is 1.60 bits per heavy atom. The van der Waals surface area contributed by atoms with E-state index in [1.165, 1.54) is 48.2 Å². The van der Waals surface area contributed by atoms with Gasteiger partial charge in [-0.15, -0.1) is 23.5 Å². The molecular formula is C24H24N4S2. The summed E-state index contributed by atoms with van der Waals surface area (Å²) in [6.07, 6.45) is 13.1. The maximum absolute atomic E-state index is 9.46. The molecule has 0 bridgehead atoms. The fraction of sp³-hybridized carbons (Fsp3) is 0.417. The van der Waals surface area contributed by atoms with Crippen LogP contribution >= 0.6 is 23.5 Å². The Balaban J connectivity index is 1.33. The normalized spacial score (nSPS) is 15.3. The lowest BCUT2D eigenvalue weighted by Crippen LogP contribution is -2.07. The van der Waals surface area contributed by atoms with E-state index in [0.29, 0.717) is 11.1 Å². The van der Waals surface area contributed by atoms with E-state index in [2.05, 4.69) is 24.3 Å². The summed E-state index contributed by atoms with van der Waals surface area (Å²) in [6, 6.07) is 8.69. The quantitative estimate of drug-likeness (QED) is 0.448. The van der Waals surface area contributed by atoms with Gasteiger partial charge in [-0.1, -0.05) is 12.2 Å². The maximum atomic E-state index is 9.46. The van der Waals surface area contributed by atoms with E-state index in [-0.39, 0.29) is 0 Å². The van der Waals surface area contributed by atoms with Crippen molar-refractivity contribution in [3.05, 3.63) is 57.9 Å². The minimum absolute atomic E-state index is 0.695. The van der Waals surface area contributed by atoms with E-state index >= 15 is 0 Å². The molecule has 2 aliphatic carbocycles. The van der Waals surface area contributed by atoms with E-state index in [9.17, 15) is 10.5 Å². The molecule has 2 aromatic rings. The van der Waals surface area contributed by atoms with Crippen molar-refractivity contribution in [2.24, 2.45) is 0 Å². The zero-order chi connectivity index (χ0) is 20.8. The molecule has 152 valence electrons. The Kier molecular flexibility index (Phi) is 7.10. The van der Waals surface area contributed by atoms with Crippen molar-refractivity contribution >= 4 is 23.5 Å². The van der Waals surface area contributed by atoms with E-state index in [1.54, 1.807) is 23.5 Å². The first-order valence-corrected chi connectivity index (χ1v) is 12.5. The van der Waals surface area contributed by atoms with Gasteiger partial charge in [0.15, 0.2) is 0 Å². The highest BCUT2D eigenvalue weighted by Gasteiger charge is 2.16. The van der Waals surface area contributed by atoms with Crippen LogP contribution in [0.4, 0.5) is 0 Å². The van der Waals surface area contributed by atoms with Crippen LogP contribution in [0.3, 0.4) is 0 Å². The van der Waals surface area contributed by atoms with Gasteiger partial charge in [-0.3, -0.25) is 0 Å². The molecule has 4 rings (SSSR count). The monoisotopic (exact) mass is 432 g/mol. The van der Waals surface area contributed by atoms with Gasteiger partial charge in [0.05, 0.1) is 11.1 Å². The molecule has 0 spiro atoms. The van der Waals surface area contributed by atoms with Crippen molar-refractivity contribution in [2.75, 3.05) is 11.5 Å². The summed E-state index contributed by atoms with van der Waals surface area (Å²) in [7, 11) is 0. The summed E-state index contributed by atoms with van der Waals surface area (Å²) in [6.45, 7) is 0.